The molecule has 0 atom stereocenters. The second-order valence-corrected chi connectivity index (χ2v) is 5.09. The second-order valence-electron chi connectivity index (χ2n) is 4.65. The maximum atomic E-state index is 12.1. The molecule has 0 saturated heterocycles. The molecule has 2 rings (SSSR count). The molecule has 1 amide bonds. The zero-order valence-corrected chi connectivity index (χ0v) is 13.4. The normalized spacial score (nSPS) is 10.6. The second kappa shape index (κ2) is 7.75. The molecule has 0 N–H and O–H groups in total. The number of methoxy groups -OCH3 is 1. The standard InChI is InChI=1S/C13H16ClN5O4/c1-17(7-4-8-22-2)13(21)23-19-12(20)18(15-16-19)11-6-3-5-10(14)9-11/h3,5-6,9H,4,7-8H2,1-2H3. The molecule has 2 aromatic rings. The van der Waals surface area contributed by atoms with Crippen molar-refractivity contribution < 1.29 is 14.4 Å². The van der Waals surface area contributed by atoms with Crippen LogP contribution in [0.25, 0.3) is 5.69 Å². The quantitative estimate of drug-likeness (QED) is 0.564. The highest BCUT2D eigenvalue weighted by Gasteiger charge is 2.16. The molecule has 1 heterocycles. The lowest BCUT2D eigenvalue weighted by atomic mass is 10.3. The van der Waals surface area contributed by atoms with Crippen LogP contribution in [0.3, 0.4) is 0 Å². The molecule has 0 aliphatic carbocycles. The van der Waals surface area contributed by atoms with Crippen LogP contribution in [0.2, 0.25) is 5.02 Å². The number of hydrogen-bond acceptors (Lipinski definition) is 6. The Bertz CT molecular complexity index is 729. The number of carbonyl (C=O) groups excluding carboxylic acids is 1. The van der Waals surface area contributed by atoms with Gasteiger partial charge in [0.05, 0.1) is 5.69 Å². The van der Waals surface area contributed by atoms with E-state index in [0.29, 0.717) is 35.1 Å². The van der Waals surface area contributed by atoms with E-state index in [0.717, 1.165) is 4.68 Å². The van der Waals surface area contributed by atoms with Crippen molar-refractivity contribution in [2.45, 2.75) is 6.42 Å². The minimum absolute atomic E-state index is 0.415. The monoisotopic (exact) mass is 341 g/mol. The Kier molecular flexibility index (Phi) is 5.72. The van der Waals surface area contributed by atoms with Gasteiger partial charge in [-0.25, -0.2) is 9.59 Å². The van der Waals surface area contributed by atoms with Gasteiger partial charge >= 0.3 is 11.8 Å². The average Bonchev–Trinajstić information content (AvgIpc) is 2.88. The maximum Gasteiger partial charge on any atom is 0.435 e. The first kappa shape index (κ1) is 17.0. The molecule has 9 nitrogen and oxygen atoms in total. The highest BCUT2D eigenvalue weighted by atomic mass is 35.5. The lowest BCUT2D eigenvalue weighted by Gasteiger charge is -2.14. The molecule has 0 spiro atoms. The van der Waals surface area contributed by atoms with E-state index in [2.05, 4.69) is 10.4 Å². The fourth-order valence-electron chi connectivity index (χ4n) is 1.74. The summed E-state index contributed by atoms with van der Waals surface area (Å²) >= 11 is 5.87. The highest BCUT2D eigenvalue weighted by Crippen LogP contribution is 2.11. The molecule has 124 valence electrons. The molecular weight excluding hydrogens is 326 g/mol. The molecule has 0 bridgehead atoms. The minimum atomic E-state index is -0.721. The summed E-state index contributed by atoms with van der Waals surface area (Å²) in [5, 5.41) is 7.62. The van der Waals surface area contributed by atoms with Gasteiger partial charge in [0.15, 0.2) is 0 Å². The summed E-state index contributed by atoms with van der Waals surface area (Å²) in [4.78, 5) is 30.7. The van der Waals surface area contributed by atoms with Gasteiger partial charge in [-0.2, -0.15) is 4.68 Å². The van der Waals surface area contributed by atoms with Crippen molar-refractivity contribution in [1.29, 1.82) is 0 Å². The summed E-state index contributed by atoms with van der Waals surface area (Å²) in [5.41, 5.74) is -0.302. The van der Waals surface area contributed by atoms with Crippen molar-refractivity contribution in [2.24, 2.45) is 0 Å². The Morgan fingerprint density at radius 2 is 2.17 bits per heavy atom. The number of nitrogens with zero attached hydrogens (tertiary/aromatic N) is 5. The maximum absolute atomic E-state index is 12.1. The van der Waals surface area contributed by atoms with E-state index in [-0.39, 0.29) is 0 Å². The van der Waals surface area contributed by atoms with E-state index in [4.69, 9.17) is 21.2 Å². The van der Waals surface area contributed by atoms with Crippen molar-refractivity contribution in [3.63, 3.8) is 0 Å². The molecule has 0 saturated carbocycles. The van der Waals surface area contributed by atoms with Crippen LogP contribution in [0.4, 0.5) is 4.79 Å². The number of tetrazole rings is 1. The largest absolute Gasteiger partial charge is 0.435 e. The molecule has 0 aliphatic heterocycles. The van der Waals surface area contributed by atoms with E-state index >= 15 is 0 Å². The van der Waals surface area contributed by atoms with Gasteiger partial charge in [-0.15, -0.1) is 0 Å². The van der Waals surface area contributed by atoms with Crippen LogP contribution < -0.4 is 10.5 Å². The van der Waals surface area contributed by atoms with Gasteiger partial charge in [0.25, 0.3) is 0 Å². The fraction of sp³-hybridized carbons (Fsp3) is 0.385. The van der Waals surface area contributed by atoms with E-state index in [9.17, 15) is 9.59 Å². The highest BCUT2D eigenvalue weighted by molar-refractivity contribution is 6.30. The van der Waals surface area contributed by atoms with Crippen LogP contribution in [0.15, 0.2) is 29.1 Å². The van der Waals surface area contributed by atoms with Gasteiger partial charge in [0.1, 0.15) is 0 Å². The Morgan fingerprint density at radius 1 is 1.39 bits per heavy atom. The SMILES string of the molecule is COCCCN(C)C(=O)On1nnn(-c2cccc(Cl)c2)c1=O. The van der Waals surface area contributed by atoms with Gasteiger partial charge in [-0.1, -0.05) is 17.7 Å². The van der Waals surface area contributed by atoms with Crippen LogP contribution in [0.1, 0.15) is 6.42 Å². The van der Waals surface area contributed by atoms with Crippen molar-refractivity contribution in [3.8, 4) is 5.69 Å². The zero-order valence-electron chi connectivity index (χ0n) is 12.7. The minimum Gasteiger partial charge on any atom is -0.385 e. The Morgan fingerprint density at radius 3 is 2.87 bits per heavy atom. The molecule has 1 aromatic carbocycles. The first-order valence-electron chi connectivity index (χ1n) is 6.76. The van der Waals surface area contributed by atoms with Crippen molar-refractivity contribution in [3.05, 3.63) is 39.8 Å². The first-order chi connectivity index (χ1) is 11.0. The molecular formula is C13H16ClN5O4. The van der Waals surface area contributed by atoms with Crippen LogP contribution in [-0.2, 0) is 4.74 Å². The number of benzene rings is 1. The van der Waals surface area contributed by atoms with Crippen molar-refractivity contribution in [2.75, 3.05) is 27.3 Å². The zero-order chi connectivity index (χ0) is 16.8. The number of halogens is 1. The third-order valence-corrected chi connectivity index (χ3v) is 3.16. The third-order valence-electron chi connectivity index (χ3n) is 2.93. The lowest BCUT2D eigenvalue weighted by Crippen LogP contribution is -2.40. The number of ether oxygens (including phenoxy) is 1. The third kappa shape index (κ3) is 4.30. The molecule has 0 radical (unpaired) electrons. The molecule has 0 aliphatic rings. The number of hydrogen-bond donors (Lipinski definition) is 0. The average molecular weight is 342 g/mol. The molecule has 0 fully saturated rings. The summed E-state index contributed by atoms with van der Waals surface area (Å²) in [6.07, 6.45) is -0.0759. The van der Waals surface area contributed by atoms with Crippen molar-refractivity contribution in [1.82, 2.24) is 24.9 Å². The van der Waals surface area contributed by atoms with E-state index in [1.165, 1.54) is 4.90 Å². The van der Waals surface area contributed by atoms with Crippen molar-refractivity contribution >= 4 is 17.7 Å². The summed E-state index contributed by atoms with van der Waals surface area (Å²) in [5.74, 6) is 0. The number of carbonyl (C=O) groups is 1. The lowest BCUT2D eigenvalue weighted by molar-refractivity contribution is 0.0764. The Balaban J connectivity index is 2.08. The summed E-state index contributed by atoms with van der Waals surface area (Å²) in [6, 6.07) is 6.50. The predicted molar refractivity (Wildman–Crippen MR) is 81.7 cm³/mol. The Labute approximate surface area is 136 Å². The molecule has 23 heavy (non-hydrogen) atoms. The summed E-state index contributed by atoms with van der Waals surface area (Å²) < 4.78 is 5.88. The number of rotatable bonds is 6. The van der Waals surface area contributed by atoms with Crippen LogP contribution in [-0.4, -0.2) is 58.3 Å². The first-order valence-corrected chi connectivity index (χ1v) is 7.14. The van der Waals surface area contributed by atoms with E-state index in [1.807, 2.05) is 0 Å². The smallest absolute Gasteiger partial charge is 0.385 e. The predicted octanol–water partition coefficient (Wildman–Crippen LogP) is 0.599. The van der Waals surface area contributed by atoms with Crippen LogP contribution in [0, 0.1) is 0 Å². The topological polar surface area (TPSA) is 91.5 Å². The van der Waals surface area contributed by atoms with Gasteiger partial charge < -0.3 is 9.64 Å². The van der Waals surface area contributed by atoms with Gasteiger partial charge in [-0.05, 0) is 39.9 Å². The fourth-order valence-corrected chi connectivity index (χ4v) is 1.93. The van der Waals surface area contributed by atoms with Gasteiger partial charge in [0.2, 0.25) is 0 Å². The van der Waals surface area contributed by atoms with Gasteiger partial charge in [0, 0.05) is 32.3 Å². The molecule has 0 unspecified atom stereocenters. The van der Waals surface area contributed by atoms with E-state index < -0.39 is 11.8 Å². The molecule has 10 heteroatoms. The number of amides is 1. The van der Waals surface area contributed by atoms with Crippen LogP contribution >= 0.6 is 11.6 Å². The molecule has 1 aromatic heterocycles. The van der Waals surface area contributed by atoms with E-state index in [1.54, 1.807) is 38.4 Å². The van der Waals surface area contributed by atoms with Crippen LogP contribution in [0.5, 0.6) is 0 Å². The summed E-state index contributed by atoms with van der Waals surface area (Å²) in [6.45, 7) is 0.937. The van der Waals surface area contributed by atoms with Gasteiger partial charge in [-0.3, -0.25) is 4.84 Å². The summed E-state index contributed by atoms with van der Waals surface area (Å²) in [7, 11) is 3.12. The number of aromatic nitrogens is 4. The Hall–Kier alpha value is -2.39.